The summed E-state index contributed by atoms with van der Waals surface area (Å²) in [6, 6.07) is 21.9. The number of benzene rings is 2. The maximum absolute atomic E-state index is 12.3. The molecule has 3 rings (SSSR count). The number of amides is 7. The summed E-state index contributed by atoms with van der Waals surface area (Å²) in [7, 11) is 6.29. The number of carbonyl (C=O) groups is 11. The number of halogens is 2. The van der Waals surface area contributed by atoms with E-state index in [9.17, 15) is 52.7 Å². The molecule has 3 aromatic rings. The maximum Gasteiger partial charge on any atom is 0.410 e. The summed E-state index contributed by atoms with van der Waals surface area (Å²) in [4.78, 5) is 134. The van der Waals surface area contributed by atoms with Crippen LogP contribution < -0.4 is 32.3 Å². The molecule has 0 spiro atoms. The second-order valence-corrected chi connectivity index (χ2v) is 28.0. The average Bonchev–Trinajstić information content (AvgIpc) is 0.927. The van der Waals surface area contributed by atoms with Gasteiger partial charge in [-0.05, 0) is 157 Å². The van der Waals surface area contributed by atoms with Gasteiger partial charge in [0.15, 0.2) is 11.6 Å². The number of carboxylic acids is 1. The minimum absolute atomic E-state index is 0. The highest BCUT2D eigenvalue weighted by atomic mass is 35.5. The SMILES string of the molecule is C.CC(C)(C)OC(=O)NCCN.CC/C=C\C/C=C\C/C=C\C/C=C\C/C=C\CCCC(=O)N(C)CC(=O)CCCNC(=O)c1cccnc1.CN(CC(=O)CCCNC(=O)OC(C)(C)C)C(=O)OCc1ccccc1.CN(CC(=O)O)C(=O)OCc1ccccc1.CNCC(=O)CCCNC(=O)OC(C)(C)C.ClCCl. The number of Topliss-reactive ketones (excluding diaryl/α,β-unsaturated/α-hetero) is 3. The number of ketones is 3. The zero-order valence-corrected chi connectivity index (χ0v) is 68.9. The Kier molecular flexibility index (Phi) is 66.7. The van der Waals surface area contributed by atoms with Crippen LogP contribution in [0.3, 0.4) is 0 Å². The summed E-state index contributed by atoms with van der Waals surface area (Å²) in [6.07, 6.45) is 31.9. The molecule has 111 heavy (non-hydrogen) atoms. The van der Waals surface area contributed by atoms with Gasteiger partial charge in [-0.3, -0.25) is 33.8 Å². The van der Waals surface area contributed by atoms with E-state index in [1.165, 1.54) is 30.1 Å². The zero-order valence-electron chi connectivity index (χ0n) is 67.3. The number of allylic oxidation sites excluding steroid dienone is 10. The number of hydrogen-bond acceptors (Lipinski definition) is 19. The predicted molar refractivity (Wildman–Crippen MR) is 440 cm³/mol. The van der Waals surface area contributed by atoms with E-state index in [1.54, 1.807) is 53.2 Å². The molecule has 2 aromatic carbocycles. The van der Waals surface area contributed by atoms with E-state index < -0.39 is 53.2 Å². The van der Waals surface area contributed by atoms with Gasteiger partial charge in [-0.25, -0.2) is 24.0 Å². The first kappa shape index (κ1) is 108. The van der Waals surface area contributed by atoms with E-state index in [-0.39, 0.29) is 81.2 Å². The normalized spacial score (nSPS) is 10.8. The fourth-order valence-corrected chi connectivity index (χ4v) is 8.14. The number of carbonyl (C=O) groups excluding carboxylic acids is 10. The van der Waals surface area contributed by atoms with Crippen molar-refractivity contribution in [3.63, 3.8) is 0 Å². The molecule has 0 aliphatic carbocycles. The van der Waals surface area contributed by atoms with Crippen molar-refractivity contribution in [2.24, 2.45) is 5.73 Å². The predicted octanol–water partition coefficient (Wildman–Crippen LogP) is 14.6. The van der Waals surface area contributed by atoms with Crippen molar-refractivity contribution in [2.75, 3.05) is 92.4 Å². The van der Waals surface area contributed by atoms with Crippen LogP contribution in [-0.2, 0) is 60.9 Å². The van der Waals surface area contributed by atoms with E-state index in [4.69, 9.17) is 57.7 Å². The molecule has 0 saturated heterocycles. The molecule has 0 radical (unpaired) electrons. The van der Waals surface area contributed by atoms with Crippen LogP contribution in [0.4, 0.5) is 24.0 Å². The summed E-state index contributed by atoms with van der Waals surface area (Å²) in [6.45, 7) is 20.8. The van der Waals surface area contributed by atoms with Gasteiger partial charge in [0.2, 0.25) is 5.91 Å². The standard InChI is InChI=1S/C32H45N3O3.C19H28N2O5.C11H22N2O3.C11H13NO4.C7H16N2O2.CH2Cl2.CH4/c1-3-4-5-6-7-8-9-10-11-12-13-14-15-16-17-18-19-24-31(37)35(2)28-30(36)23-21-26-34-32(38)29-22-20-25-33-27-29;1-19(2,3)26-17(23)20-12-8-11-16(22)13-21(4)18(24)25-14-15-9-6-5-7-10-15;1-11(2,3)16-10(15)13-7-5-6-9(14)8-12-4;1-12(7-10(13)14)11(15)16-8-9-5-3-2-4-6-9;1-7(2,3)11-6(10)9-5-4-8;2-1-3;/h4-5,7-8,10-11,13-14,16-17,20,22,25,27H,3,6,9,12,15,18-19,21,23-24,26,28H2,1-2H3,(H,34,38);5-7,9-10H,8,11-14H2,1-4H3,(H,20,23);12H,5-8H2,1-4H3,(H,13,15);2-6H,7-8H2,1H3,(H,13,14);4-5,8H2,1-3H3,(H,9,10);1H2;1H4/b5-4-,8-7-,11-10-,14-13-,17-16-;;;;;;. The van der Waals surface area contributed by atoms with E-state index in [0.717, 1.165) is 61.0 Å². The van der Waals surface area contributed by atoms with Gasteiger partial charge < -0.3 is 75.8 Å². The molecule has 0 aliphatic heterocycles. The molecular weight excluding hydrogens is 1470 g/mol. The second-order valence-electron chi connectivity index (χ2n) is 27.2. The van der Waals surface area contributed by atoms with Gasteiger partial charge in [0.25, 0.3) is 5.91 Å². The average molecular weight is 1600 g/mol. The number of alkyl carbamates (subject to hydrolysis) is 3. The molecule has 27 nitrogen and oxygen atoms in total. The van der Waals surface area contributed by atoms with Crippen molar-refractivity contribution in [2.45, 2.75) is 197 Å². The number of pyridine rings is 1. The number of nitrogens with two attached hydrogens (primary N) is 1. The van der Waals surface area contributed by atoms with Crippen LogP contribution in [0, 0.1) is 0 Å². The molecule has 7 amide bonds. The third-order valence-electron chi connectivity index (χ3n) is 13.2. The molecule has 0 fully saturated rings. The van der Waals surface area contributed by atoms with Crippen LogP contribution in [0.2, 0.25) is 0 Å². The van der Waals surface area contributed by atoms with Crippen molar-refractivity contribution in [3.05, 3.63) is 163 Å². The lowest BCUT2D eigenvalue weighted by atomic mass is 10.1. The molecule has 0 aliphatic rings. The van der Waals surface area contributed by atoms with Crippen LogP contribution in [0.25, 0.3) is 0 Å². The Morgan fingerprint density at radius 2 is 0.874 bits per heavy atom. The fraction of sp³-hybridized carbons (Fsp3) is 0.537. The molecule has 0 unspecified atom stereocenters. The van der Waals surface area contributed by atoms with Gasteiger partial charge >= 0.3 is 36.4 Å². The number of nitrogens with one attached hydrogen (secondary N) is 5. The topological polar surface area (TPSA) is 363 Å². The third kappa shape index (κ3) is 74.4. The molecule has 29 heteroatoms. The second kappa shape index (κ2) is 68.6. The maximum atomic E-state index is 12.3. The number of ether oxygens (including phenoxy) is 5. The number of rotatable bonds is 40. The number of aromatic nitrogens is 1. The molecule has 0 saturated carbocycles. The lowest BCUT2D eigenvalue weighted by Gasteiger charge is -2.19. The lowest BCUT2D eigenvalue weighted by molar-refractivity contribution is -0.137. The number of aliphatic carboxylic acids is 1. The Morgan fingerprint density at radius 3 is 1.25 bits per heavy atom. The van der Waals surface area contributed by atoms with Crippen molar-refractivity contribution in [3.8, 4) is 0 Å². The fourth-order valence-electron chi connectivity index (χ4n) is 8.14. The molecule has 0 atom stereocenters. The van der Waals surface area contributed by atoms with Gasteiger partial charge in [-0.1, -0.05) is 136 Å². The summed E-state index contributed by atoms with van der Waals surface area (Å²) in [5, 5.41) is 21.9. The summed E-state index contributed by atoms with van der Waals surface area (Å²) < 4.78 is 25.1. The van der Waals surface area contributed by atoms with Crippen molar-refractivity contribution >= 4 is 88.8 Å². The van der Waals surface area contributed by atoms with Crippen molar-refractivity contribution in [1.82, 2.24) is 46.3 Å². The van der Waals surface area contributed by atoms with E-state index in [1.807, 2.05) is 102 Å². The van der Waals surface area contributed by atoms with Gasteiger partial charge in [0.1, 0.15) is 42.3 Å². The highest BCUT2D eigenvalue weighted by Gasteiger charge is 2.20. The van der Waals surface area contributed by atoms with Gasteiger partial charge in [-0.2, -0.15) is 0 Å². The van der Waals surface area contributed by atoms with Crippen LogP contribution in [-0.4, -0.2) is 200 Å². The number of nitrogens with zero attached hydrogens (tertiary/aromatic N) is 4. The number of alkyl halides is 2. The first-order chi connectivity index (χ1) is 52.0. The number of hydrogen-bond donors (Lipinski definition) is 7. The quantitative estimate of drug-likeness (QED) is 0.0120. The van der Waals surface area contributed by atoms with Crippen LogP contribution in [0.5, 0.6) is 0 Å². The first-order valence-electron chi connectivity index (χ1n) is 36.7. The third-order valence-corrected chi connectivity index (χ3v) is 13.2. The molecule has 1 aromatic heterocycles. The van der Waals surface area contributed by atoms with Gasteiger partial charge in [0, 0.05) is 91.9 Å². The minimum atomic E-state index is -1.07. The monoisotopic (exact) mass is 1600 g/mol. The molecular formula is C82H130Cl2N10O17. The summed E-state index contributed by atoms with van der Waals surface area (Å²) in [5.41, 5.74) is 5.94. The molecule has 0 bridgehead atoms. The Balaban J connectivity index is -0.000000680. The Bertz CT molecular complexity index is 3190. The molecule has 624 valence electrons. The van der Waals surface area contributed by atoms with Crippen LogP contribution >= 0.6 is 23.2 Å². The Hall–Kier alpha value is -9.44. The molecule has 8 N–H and O–H groups in total. The molecule has 1 heterocycles. The van der Waals surface area contributed by atoms with E-state index in [0.29, 0.717) is 83.4 Å². The zero-order chi connectivity index (χ0) is 83.4. The van der Waals surface area contributed by atoms with E-state index in [2.05, 4.69) is 99.3 Å². The largest absolute Gasteiger partial charge is 0.480 e. The summed E-state index contributed by atoms with van der Waals surface area (Å²) in [5.74, 6) is -1.25. The summed E-state index contributed by atoms with van der Waals surface area (Å²) >= 11 is 9.53. The van der Waals surface area contributed by atoms with Gasteiger partial charge in [0.05, 0.1) is 30.5 Å². The van der Waals surface area contributed by atoms with Crippen LogP contribution in [0.15, 0.2) is 146 Å². The Morgan fingerprint density at radius 1 is 0.495 bits per heavy atom. The minimum Gasteiger partial charge on any atom is -0.480 e. The number of carboxylic acid groups (broad SMARTS) is 1. The van der Waals surface area contributed by atoms with Crippen molar-refractivity contribution < 1.29 is 81.5 Å². The van der Waals surface area contributed by atoms with Gasteiger partial charge in [-0.15, -0.1) is 23.2 Å². The van der Waals surface area contributed by atoms with E-state index >= 15 is 0 Å². The smallest absolute Gasteiger partial charge is 0.410 e. The highest BCUT2D eigenvalue weighted by Crippen LogP contribution is 2.11. The first-order valence-corrected chi connectivity index (χ1v) is 37.7. The highest BCUT2D eigenvalue weighted by molar-refractivity contribution is 6.40. The van der Waals surface area contributed by atoms with Crippen LogP contribution in [0.1, 0.15) is 188 Å². The number of unbranched alkanes of at least 4 members (excludes halogenated alkanes) is 1. The Labute approximate surface area is 670 Å². The number of likely N-dealkylation sites (N-methyl/N-ethyl adjacent to an activating group) is 4. The lowest BCUT2D eigenvalue weighted by Crippen LogP contribution is -2.35. The van der Waals surface area contributed by atoms with Crippen molar-refractivity contribution in [1.29, 1.82) is 0 Å².